The topological polar surface area (TPSA) is 100 Å². The summed E-state index contributed by atoms with van der Waals surface area (Å²) in [5.41, 5.74) is -0.931. The average molecular weight is 242 g/mol. The maximum Gasteiger partial charge on any atom is 0.222 e. The molecule has 0 fully saturated rings. The highest BCUT2D eigenvalue weighted by Crippen LogP contribution is 2.08. The van der Waals surface area contributed by atoms with E-state index in [-0.39, 0.29) is 25.5 Å². The Bertz CT molecular complexity index is 327. The van der Waals surface area contributed by atoms with E-state index in [4.69, 9.17) is 0 Å². The number of aliphatic hydroxyl groups excluding tert-OH is 2. The number of nitrogens with one attached hydrogen (secondary N) is 1. The van der Waals surface area contributed by atoms with Gasteiger partial charge in [0.1, 0.15) is 0 Å². The van der Waals surface area contributed by atoms with Gasteiger partial charge in [-0.05, 0) is 6.42 Å². The zero-order chi connectivity index (χ0) is 12.7. The van der Waals surface area contributed by atoms with Crippen molar-refractivity contribution in [3.63, 3.8) is 0 Å². The first-order chi connectivity index (χ1) is 8.15. The first-order valence-corrected chi connectivity index (χ1v) is 5.52. The number of aromatic nitrogens is 3. The predicted octanol–water partition coefficient (Wildman–Crippen LogP) is -1.08. The molecule has 1 heterocycles. The van der Waals surface area contributed by atoms with E-state index < -0.39 is 5.54 Å². The van der Waals surface area contributed by atoms with Gasteiger partial charge in [0.15, 0.2) is 0 Å². The van der Waals surface area contributed by atoms with Gasteiger partial charge >= 0.3 is 0 Å². The van der Waals surface area contributed by atoms with Gasteiger partial charge in [0.2, 0.25) is 5.91 Å². The van der Waals surface area contributed by atoms with Crippen molar-refractivity contribution in [1.82, 2.24) is 20.3 Å². The van der Waals surface area contributed by atoms with Crippen LogP contribution in [0, 0.1) is 0 Å². The molecule has 0 bridgehead atoms. The normalized spacial score (nSPS) is 11.5. The number of hydrogen-bond acceptors (Lipinski definition) is 5. The summed E-state index contributed by atoms with van der Waals surface area (Å²) in [5.74, 6) is -0.231. The number of rotatable bonds is 7. The van der Waals surface area contributed by atoms with Gasteiger partial charge in [-0.2, -0.15) is 0 Å². The number of carbonyl (C=O) groups is 1. The molecule has 7 heteroatoms. The van der Waals surface area contributed by atoms with Crippen molar-refractivity contribution in [2.45, 2.75) is 31.8 Å². The smallest absolute Gasteiger partial charge is 0.222 e. The third kappa shape index (κ3) is 3.79. The quantitative estimate of drug-likeness (QED) is 0.564. The molecule has 0 unspecified atom stereocenters. The number of aryl methyl sites for hydroxylation is 1. The first-order valence-electron chi connectivity index (χ1n) is 5.52. The van der Waals surface area contributed by atoms with Crippen LogP contribution in [0.3, 0.4) is 0 Å². The number of carbonyl (C=O) groups excluding carboxylic acids is 1. The lowest BCUT2D eigenvalue weighted by molar-refractivity contribution is -0.124. The number of nitrogens with zero attached hydrogens (tertiary/aromatic N) is 3. The fourth-order valence-corrected chi connectivity index (χ4v) is 1.37. The van der Waals surface area contributed by atoms with Crippen LogP contribution in [0.5, 0.6) is 0 Å². The molecule has 0 atom stereocenters. The Morgan fingerprint density at radius 1 is 1.47 bits per heavy atom. The molecule has 1 aromatic heterocycles. The minimum Gasteiger partial charge on any atom is -0.394 e. The molecule has 17 heavy (non-hydrogen) atoms. The molecule has 0 aliphatic carbocycles. The fraction of sp³-hybridized carbons (Fsp3) is 0.700. The SMILES string of the molecule is CCC(CO)(CO)NC(=O)CCn1ccnn1. The Morgan fingerprint density at radius 2 is 2.18 bits per heavy atom. The van der Waals surface area contributed by atoms with Crippen molar-refractivity contribution in [3.05, 3.63) is 12.4 Å². The van der Waals surface area contributed by atoms with Crippen LogP contribution in [-0.2, 0) is 11.3 Å². The Labute approximate surface area is 99.4 Å². The molecule has 0 spiro atoms. The highest BCUT2D eigenvalue weighted by atomic mass is 16.3. The van der Waals surface area contributed by atoms with E-state index in [0.29, 0.717) is 13.0 Å². The largest absolute Gasteiger partial charge is 0.394 e. The van der Waals surface area contributed by atoms with E-state index >= 15 is 0 Å². The van der Waals surface area contributed by atoms with Gasteiger partial charge in [-0.1, -0.05) is 12.1 Å². The van der Waals surface area contributed by atoms with Gasteiger partial charge in [-0.25, -0.2) is 0 Å². The molecular formula is C10H18N4O3. The Morgan fingerprint density at radius 3 is 2.65 bits per heavy atom. The van der Waals surface area contributed by atoms with Gasteiger partial charge in [0.05, 0.1) is 31.5 Å². The fourth-order valence-electron chi connectivity index (χ4n) is 1.37. The molecule has 7 nitrogen and oxygen atoms in total. The van der Waals surface area contributed by atoms with Crippen LogP contribution in [0.2, 0.25) is 0 Å². The van der Waals surface area contributed by atoms with Gasteiger partial charge in [0.25, 0.3) is 0 Å². The molecule has 3 N–H and O–H groups in total. The Balaban J connectivity index is 2.42. The van der Waals surface area contributed by atoms with Crippen LogP contribution in [0.4, 0.5) is 0 Å². The van der Waals surface area contributed by atoms with Crippen LogP contribution < -0.4 is 5.32 Å². The highest BCUT2D eigenvalue weighted by molar-refractivity contribution is 5.76. The summed E-state index contributed by atoms with van der Waals surface area (Å²) in [7, 11) is 0. The molecular weight excluding hydrogens is 224 g/mol. The summed E-state index contributed by atoms with van der Waals surface area (Å²) in [6.07, 6.45) is 3.90. The second kappa shape index (κ2) is 6.31. The van der Waals surface area contributed by atoms with Crippen LogP contribution in [0.15, 0.2) is 12.4 Å². The summed E-state index contributed by atoms with van der Waals surface area (Å²) < 4.78 is 1.55. The molecule has 96 valence electrons. The third-order valence-corrected chi connectivity index (χ3v) is 2.73. The zero-order valence-corrected chi connectivity index (χ0v) is 9.83. The highest BCUT2D eigenvalue weighted by Gasteiger charge is 2.28. The lowest BCUT2D eigenvalue weighted by atomic mass is 9.98. The number of hydrogen-bond donors (Lipinski definition) is 3. The summed E-state index contributed by atoms with van der Waals surface area (Å²) >= 11 is 0. The van der Waals surface area contributed by atoms with E-state index in [0.717, 1.165) is 0 Å². The lowest BCUT2D eigenvalue weighted by Crippen LogP contribution is -2.53. The van der Waals surface area contributed by atoms with Gasteiger partial charge < -0.3 is 15.5 Å². The maximum absolute atomic E-state index is 11.6. The van der Waals surface area contributed by atoms with Gasteiger partial charge in [-0.15, -0.1) is 5.10 Å². The summed E-state index contributed by atoms with van der Waals surface area (Å²) in [6, 6.07) is 0. The molecule has 1 aromatic rings. The van der Waals surface area contributed by atoms with Crippen LogP contribution in [-0.4, -0.2) is 49.9 Å². The van der Waals surface area contributed by atoms with E-state index in [2.05, 4.69) is 15.6 Å². The molecule has 0 aromatic carbocycles. The second-order valence-corrected chi connectivity index (χ2v) is 3.91. The van der Waals surface area contributed by atoms with Crippen LogP contribution in [0.1, 0.15) is 19.8 Å². The lowest BCUT2D eigenvalue weighted by Gasteiger charge is -2.29. The van der Waals surface area contributed by atoms with Crippen molar-refractivity contribution in [1.29, 1.82) is 0 Å². The third-order valence-electron chi connectivity index (χ3n) is 2.73. The molecule has 0 aliphatic rings. The average Bonchev–Trinajstić information content (AvgIpc) is 2.87. The van der Waals surface area contributed by atoms with E-state index in [1.165, 1.54) is 6.20 Å². The van der Waals surface area contributed by atoms with Gasteiger partial charge in [0, 0.05) is 12.6 Å². The van der Waals surface area contributed by atoms with Crippen molar-refractivity contribution in [2.75, 3.05) is 13.2 Å². The molecule has 0 saturated heterocycles. The van der Waals surface area contributed by atoms with E-state index in [1.54, 1.807) is 17.8 Å². The van der Waals surface area contributed by atoms with E-state index in [9.17, 15) is 15.0 Å². The molecule has 0 radical (unpaired) electrons. The van der Waals surface area contributed by atoms with Crippen molar-refractivity contribution in [2.24, 2.45) is 0 Å². The van der Waals surface area contributed by atoms with Gasteiger partial charge in [-0.3, -0.25) is 9.48 Å². The summed E-state index contributed by atoms with van der Waals surface area (Å²) in [6.45, 7) is 1.65. The molecule has 0 saturated carbocycles. The Hall–Kier alpha value is -1.47. The summed E-state index contributed by atoms with van der Waals surface area (Å²) in [5, 5.41) is 28.3. The minimum absolute atomic E-state index is 0.227. The maximum atomic E-state index is 11.6. The molecule has 1 rings (SSSR count). The van der Waals surface area contributed by atoms with E-state index in [1.807, 2.05) is 0 Å². The second-order valence-electron chi connectivity index (χ2n) is 3.91. The standard InChI is InChI=1S/C10H18N4O3/c1-2-10(7-15,8-16)12-9(17)3-5-14-6-4-11-13-14/h4,6,15-16H,2-3,5,7-8H2,1H3,(H,12,17). The minimum atomic E-state index is -0.931. The van der Waals surface area contributed by atoms with Crippen LogP contribution >= 0.6 is 0 Å². The zero-order valence-electron chi connectivity index (χ0n) is 9.83. The van der Waals surface area contributed by atoms with Crippen LogP contribution in [0.25, 0.3) is 0 Å². The monoisotopic (exact) mass is 242 g/mol. The number of aliphatic hydroxyl groups is 2. The molecule has 0 aliphatic heterocycles. The first kappa shape index (κ1) is 13.6. The Kier molecular flexibility index (Phi) is 5.05. The summed E-state index contributed by atoms with van der Waals surface area (Å²) in [4.78, 5) is 11.6. The van der Waals surface area contributed by atoms with Crippen molar-refractivity contribution >= 4 is 5.91 Å². The number of amides is 1. The molecule has 1 amide bonds. The van der Waals surface area contributed by atoms with Crippen molar-refractivity contribution < 1.29 is 15.0 Å². The predicted molar refractivity (Wildman–Crippen MR) is 60.0 cm³/mol. The van der Waals surface area contributed by atoms with Crippen molar-refractivity contribution in [3.8, 4) is 0 Å².